The Kier molecular flexibility index (Phi) is 3.76. The molecule has 3 rings (SSSR count). The Hall–Kier alpha value is -2.11. The van der Waals surface area contributed by atoms with Crippen molar-refractivity contribution >= 4 is 27.4 Å². The Bertz CT molecular complexity index is 852. The number of aromatic carboxylic acids is 1. The molecule has 2 aromatic heterocycles. The fourth-order valence-electron chi connectivity index (χ4n) is 2.67. The number of pyridine rings is 1. The van der Waals surface area contributed by atoms with E-state index in [1.807, 2.05) is 47.0 Å². The number of halogens is 1. The Balaban J connectivity index is 2.24. The molecule has 1 unspecified atom stereocenters. The van der Waals surface area contributed by atoms with Gasteiger partial charge in [-0.25, -0.2) is 4.79 Å². The first-order valence-electron chi connectivity index (χ1n) is 6.76. The molecule has 4 nitrogen and oxygen atoms in total. The van der Waals surface area contributed by atoms with Gasteiger partial charge in [-0.15, -0.1) is 0 Å². The van der Waals surface area contributed by atoms with Crippen molar-refractivity contribution in [3.05, 3.63) is 75.5 Å². The third-order valence-electron chi connectivity index (χ3n) is 3.80. The minimum absolute atomic E-state index is 0.206. The maximum atomic E-state index is 11.4. The van der Waals surface area contributed by atoms with E-state index in [9.17, 15) is 15.0 Å². The summed E-state index contributed by atoms with van der Waals surface area (Å²) in [4.78, 5) is 11.4. The van der Waals surface area contributed by atoms with Crippen molar-refractivity contribution in [1.82, 2.24) is 4.40 Å². The number of aliphatic hydroxyl groups is 1. The smallest absolute Gasteiger partial charge is 0.336 e. The van der Waals surface area contributed by atoms with E-state index < -0.39 is 12.1 Å². The van der Waals surface area contributed by atoms with Crippen LogP contribution in [0.3, 0.4) is 0 Å². The van der Waals surface area contributed by atoms with Gasteiger partial charge in [0.2, 0.25) is 0 Å². The standard InChI is InChI=1S/C17H14BrNO3/c1-10-14(17(21)22)9-13-3-2-8-19(13)15(10)16(20)11-4-6-12(18)7-5-11/h2-9,16,20H,1H3,(H,21,22). The summed E-state index contributed by atoms with van der Waals surface area (Å²) < 4.78 is 2.75. The van der Waals surface area contributed by atoms with Gasteiger partial charge in [0.15, 0.2) is 0 Å². The average molecular weight is 360 g/mol. The molecule has 3 aromatic rings. The van der Waals surface area contributed by atoms with E-state index in [4.69, 9.17) is 0 Å². The number of aliphatic hydroxyl groups excluding tert-OH is 1. The second-order valence-corrected chi connectivity index (χ2v) is 6.05. The molecule has 0 bridgehead atoms. The number of hydrogen-bond acceptors (Lipinski definition) is 2. The molecule has 22 heavy (non-hydrogen) atoms. The molecular weight excluding hydrogens is 346 g/mol. The Morgan fingerprint density at radius 3 is 2.55 bits per heavy atom. The number of benzene rings is 1. The van der Waals surface area contributed by atoms with Gasteiger partial charge in [-0.05, 0) is 48.4 Å². The Labute approximate surface area is 135 Å². The topological polar surface area (TPSA) is 61.9 Å². The second kappa shape index (κ2) is 5.59. The normalized spacial score (nSPS) is 12.5. The van der Waals surface area contributed by atoms with Crippen molar-refractivity contribution < 1.29 is 15.0 Å². The zero-order valence-electron chi connectivity index (χ0n) is 11.8. The number of carboxylic acids is 1. The van der Waals surface area contributed by atoms with E-state index in [1.54, 1.807) is 13.0 Å². The van der Waals surface area contributed by atoms with Crippen LogP contribution in [0.2, 0.25) is 0 Å². The lowest BCUT2D eigenvalue weighted by Gasteiger charge is -2.18. The molecule has 112 valence electrons. The van der Waals surface area contributed by atoms with Crippen LogP contribution in [0.5, 0.6) is 0 Å². The lowest BCUT2D eigenvalue weighted by molar-refractivity contribution is 0.0695. The van der Waals surface area contributed by atoms with Crippen LogP contribution in [-0.2, 0) is 0 Å². The lowest BCUT2D eigenvalue weighted by atomic mass is 9.98. The minimum Gasteiger partial charge on any atom is -0.478 e. The number of carboxylic acid groups (broad SMARTS) is 1. The molecule has 0 aliphatic rings. The molecule has 1 aromatic carbocycles. The summed E-state index contributed by atoms with van der Waals surface area (Å²) in [6.07, 6.45) is 0.924. The highest BCUT2D eigenvalue weighted by Crippen LogP contribution is 2.29. The van der Waals surface area contributed by atoms with Crippen LogP contribution in [0, 0.1) is 6.92 Å². The summed E-state index contributed by atoms with van der Waals surface area (Å²) in [5.74, 6) is -0.995. The maximum Gasteiger partial charge on any atom is 0.336 e. The van der Waals surface area contributed by atoms with Crippen LogP contribution in [0.25, 0.3) is 5.52 Å². The summed E-state index contributed by atoms with van der Waals surface area (Å²) in [6.45, 7) is 1.72. The van der Waals surface area contributed by atoms with Gasteiger partial charge in [0, 0.05) is 16.2 Å². The lowest BCUT2D eigenvalue weighted by Crippen LogP contribution is -2.12. The zero-order chi connectivity index (χ0) is 15.9. The van der Waals surface area contributed by atoms with Gasteiger partial charge in [-0.3, -0.25) is 0 Å². The first-order valence-corrected chi connectivity index (χ1v) is 7.55. The second-order valence-electron chi connectivity index (χ2n) is 5.13. The van der Waals surface area contributed by atoms with Crippen molar-refractivity contribution in [2.75, 3.05) is 0 Å². The van der Waals surface area contributed by atoms with Gasteiger partial charge >= 0.3 is 5.97 Å². The third-order valence-corrected chi connectivity index (χ3v) is 4.32. The van der Waals surface area contributed by atoms with E-state index in [0.717, 1.165) is 9.99 Å². The highest BCUT2D eigenvalue weighted by Gasteiger charge is 2.21. The average Bonchev–Trinajstić information content (AvgIpc) is 2.94. The number of rotatable bonds is 3. The fourth-order valence-corrected chi connectivity index (χ4v) is 2.93. The van der Waals surface area contributed by atoms with E-state index in [-0.39, 0.29) is 5.56 Å². The van der Waals surface area contributed by atoms with Gasteiger partial charge in [-0.1, -0.05) is 28.1 Å². The van der Waals surface area contributed by atoms with Crippen LogP contribution in [-0.4, -0.2) is 20.6 Å². The maximum absolute atomic E-state index is 11.4. The third kappa shape index (κ3) is 2.42. The summed E-state index contributed by atoms with van der Waals surface area (Å²) >= 11 is 3.36. The first-order chi connectivity index (χ1) is 10.5. The molecule has 0 saturated heterocycles. The summed E-state index contributed by atoms with van der Waals surface area (Å²) in [5, 5.41) is 20.1. The Morgan fingerprint density at radius 1 is 1.23 bits per heavy atom. The van der Waals surface area contributed by atoms with Gasteiger partial charge in [0.05, 0.1) is 11.3 Å². The van der Waals surface area contributed by atoms with Crippen LogP contribution in [0.4, 0.5) is 0 Å². The van der Waals surface area contributed by atoms with Crippen LogP contribution in [0.1, 0.15) is 33.3 Å². The van der Waals surface area contributed by atoms with Crippen LogP contribution in [0.15, 0.2) is 53.1 Å². The largest absolute Gasteiger partial charge is 0.478 e. The fraction of sp³-hybridized carbons (Fsp3) is 0.118. The predicted octanol–water partition coefficient (Wildman–Crippen LogP) is 3.79. The molecule has 5 heteroatoms. The highest BCUT2D eigenvalue weighted by atomic mass is 79.9. The first kappa shape index (κ1) is 14.8. The quantitative estimate of drug-likeness (QED) is 0.747. The van der Waals surface area contributed by atoms with Gasteiger partial charge in [-0.2, -0.15) is 0 Å². The molecular formula is C17H14BrNO3. The van der Waals surface area contributed by atoms with Crippen molar-refractivity contribution in [3.8, 4) is 0 Å². The number of nitrogens with zero attached hydrogens (tertiary/aromatic N) is 1. The summed E-state index contributed by atoms with van der Waals surface area (Å²) in [7, 11) is 0. The molecule has 0 aliphatic carbocycles. The molecule has 0 radical (unpaired) electrons. The predicted molar refractivity (Wildman–Crippen MR) is 87.3 cm³/mol. The van der Waals surface area contributed by atoms with Crippen molar-refractivity contribution in [1.29, 1.82) is 0 Å². The van der Waals surface area contributed by atoms with Gasteiger partial charge < -0.3 is 14.6 Å². The van der Waals surface area contributed by atoms with Gasteiger partial charge in [0.25, 0.3) is 0 Å². The number of aromatic nitrogens is 1. The van der Waals surface area contributed by atoms with Crippen LogP contribution < -0.4 is 0 Å². The minimum atomic E-state index is -0.995. The molecule has 0 aliphatic heterocycles. The number of carbonyl (C=O) groups is 1. The van der Waals surface area contributed by atoms with Gasteiger partial charge in [0.1, 0.15) is 6.10 Å². The molecule has 0 spiro atoms. The van der Waals surface area contributed by atoms with E-state index >= 15 is 0 Å². The monoisotopic (exact) mass is 359 g/mol. The number of hydrogen-bond donors (Lipinski definition) is 2. The van der Waals surface area contributed by atoms with Crippen molar-refractivity contribution in [2.24, 2.45) is 0 Å². The van der Waals surface area contributed by atoms with E-state index in [2.05, 4.69) is 15.9 Å². The summed E-state index contributed by atoms with van der Waals surface area (Å²) in [6, 6.07) is 12.6. The molecule has 1 atom stereocenters. The summed E-state index contributed by atoms with van der Waals surface area (Å²) in [5.41, 5.74) is 2.80. The van der Waals surface area contributed by atoms with E-state index in [0.29, 0.717) is 16.8 Å². The number of fused-ring (bicyclic) bond motifs is 1. The van der Waals surface area contributed by atoms with Crippen molar-refractivity contribution in [2.45, 2.75) is 13.0 Å². The SMILES string of the molecule is Cc1c(C(=O)O)cc2cccn2c1C(O)c1ccc(Br)cc1. The molecule has 0 fully saturated rings. The highest BCUT2D eigenvalue weighted by molar-refractivity contribution is 9.10. The zero-order valence-corrected chi connectivity index (χ0v) is 13.4. The van der Waals surface area contributed by atoms with E-state index in [1.165, 1.54) is 0 Å². The molecule has 0 saturated carbocycles. The Morgan fingerprint density at radius 2 is 1.91 bits per heavy atom. The van der Waals surface area contributed by atoms with Crippen LogP contribution >= 0.6 is 15.9 Å². The molecule has 2 heterocycles. The van der Waals surface area contributed by atoms with Crippen molar-refractivity contribution in [3.63, 3.8) is 0 Å². The molecule has 0 amide bonds. The molecule has 2 N–H and O–H groups in total.